The zero-order valence-corrected chi connectivity index (χ0v) is 18.8. The fourth-order valence-electron chi connectivity index (χ4n) is 4.86. The maximum Gasteiger partial charge on any atom is 0.254 e. The highest BCUT2D eigenvalue weighted by molar-refractivity contribution is 9.10. The van der Waals surface area contributed by atoms with E-state index in [4.69, 9.17) is 9.47 Å². The van der Waals surface area contributed by atoms with Crippen LogP contribution in [0, 0.1) is 29.5 Å². The average Bonchev–Trinajstić information content (AvgIpc) is 3.45. The van der Waals surface area contributed by atoms with Gasteiger partial charge in [-0.05, 0) is 69.6 Å². The Kier molecular flexibility index (Phi) is 5.33. The minimum atomic E-state index is -0.331. The van der Waals surface area contributed by atoms with Gasteiger partial charge in [0.2, 0.25) is 0 Å². The number of ether oxygens (including phenoxy) is 2. The summed E-state index contributed by atoms with van der Waals surface area (Å²) in [5, 5.41) is 5.22. The molecule has 32 heavy (non-hydrogen) atoms. The van der Waals surface area contributed by atoms with Gasteiger partial charge in [0.25, 0.3) is 11.8 Å². The first-order chi connectivity index (χ1) is 15.5. The number of amides is 2. The Hall–Kier alpha value is -3.00. The van der Waals surface area contributed by atoms with Gasteiger partial charge in [0.15, 0.2) is 11.5 Å². The fraction of sp³-hybridized carbons (Fsp3) is 0.292. The summed E-state index contributed by atoms with van der Waals surface area (Å²) in [6.07, 6.45) is 6.45. The van der Waals surface area contributed by atoms with E-state index in [1.807, 2.05) is 0 Å². The molecule has 4 atom stereocenters. The lowest BCUT2D eigenvalue weighted by Crippen LogP contribution is -2.28. The number of allylic oxidation sites excluding steroid dienone is 2. The second kappa shape index (κ2) is 8.16. The van der Waals surface area contributed by atoms with Gasteiger partial charge >= 0.3 is 0 Å². The first kappa shape index (κ1) is 20.9. The van der Waals surface area contributed by atoms with E-state index in [1.54, 1.807) is 24.3 Å². The summed E-state index contributed by atoms with van der Waals surface area (Å²) in [6.45, 7) is 0.163. The van der Waals surface area contributed by atoms with E-state index in [1.165, 1.54) is 25.5 Å². The van der Waals surface area contributed by atoms with E-state index in [2.05, 4.69) is 33.2 Å². The predicted molar refractivity (Wildman–Crippen MR) is 119 cm³/mol. The molecule has 2 fully saturated rings. The lowest BCUT2D eigenvalue weighted by atomic mass is 9.85. The van der Waals surface area contributed by atoms with Crippen LogP contribution in [-0.2, 0) is 16.2 Å². The molecule has 0 N–H and O–H groups in total. The SMILES string of the molecule is COc1cc(C=NN2C(=O)[C@@H]3[C@H](C2=O)[C@H]2C=C[C@H]3C2)cc(Br)c1OCc1cccc(F)c1. The average molecular weight is 499 g/mol. The number of halogens is 2. The molecule has 2 aliphatic carbocycles. The Balaban J connectivity index is 1.33. The molecule has 1 aliphatic heterocycles. The van der Waals surface area contributed by atoms with Gasteiger partial charge in [0, 0.05) is 0 Å². The molecule has 164 valence electrons. The van der Waals surface area contributed by atoms with Gasteiger partial charge < -0.3 is 9.47 Å². The molecule has 6 nitrogen and oxygen atoms in total. The highest BCUT2D eigenvalue weighted by Crippen LogP contribution is 2.52. The fourth-order valence-corrected chi connectivity index (χ4v) is 5.44. The minimum absolute atomic E-state index is 0.144. The molecule has 0 unspecified atom stereocenters. The van der Waals surface area contributed by atoms with Crippen LogP contribution in [-0.4, -0.2) is 30.1 Å². The van der Waals surface area contributed by atoms with E-state index in [-0.39, 0.29) is 47.9 Å². The van der Waals surface area contributed by atoms with Gasteiger partial charge in [-0.15, -0.1) is 0 Å². The number of nitrogens with zero attached hydrogens (tertiary/aromatic N) is 2. The molecule has 2 aromatic rings. The van der Waals surface area contributed by atoms with Crippen LogP contribution in [0.15, 0.2) is 58.1 Å². The number of carbonyl (C=O) groups excluding carboxylic acids is 2. The molecule has 8 heteroatoms. The van der Waals surface area contributed by atoms with Crippen LogP contribution in [0.25, 0.3) is 0 Å². The second-order valence-corrected chi connectivity index (χ2v) is 9.04. The number of fused-ring (bicyclic) bond motifs is 5. The molecule has 1 saturated heterocycles. The minimum Gasteiger partial charge on any atom is -0.493 e. The molecule has 1 saturated carbocycles. The largest absolute Gasteiger partial charge is 0.493 e. The third-order valence-electron chi connectivity index (χ3n) is 6.29. The normalized spacial score (nSPS) is 25.8. The van der Waals surface area contributed by atoms with Gasteiger partial charge in [0.05, 0.1) is 29.6 Å². The molecule has 2 aromatic carbocycles. The van der Waals surface area contributed by atoms with Crippen molar-refractivity contribution >= 4 is 34.0 Å². The van der Waals surface area contributed by atoms with E-state index >= 15 is 0 Å². The summed E-state index contributed by atoms with van der Waals surface area (Å²) < 4.78 is 25.3. The van der Waals surface area contributed by atoms with Crippen LogP contribution in [0.1, 0.15) is 17.5 Å². The zero-order valence-electron chi connectivity index (χ0n) is 17.2. The summed E-state index contributed by atoms with van der Waals surface area (Å²) in [6, 6.07) is 9.62. The Morgan fingerprint density at radius 2 is 1.88 bits per heavy atom. The lowest BCUT2D eigenvalue weighted by Gasteiger charge is -2.14. The molecule has 0 spiro atoms. The van der Waals surface area contributed by atoms with Crippen LogP contribution >= 0.6 is 15.9 Å². The molecule has 0 aromatic heterocycles. The van der Waals surface area contributed by atoms with E-state index in [0.29, 0.717) is 27.1 Å². The van der Waals surface area contributed by atoms with Crippen molar-refractivity contribution in [2.45, 2.75) is 13.0 Å². The maximum absolute atomic E-state index is 13.4. The molecule has 2 amide bonds. The van der Waals surface area contributed by atoms with Crippen molar-refractivity contribution in [1.29, 1.82) is 0 Å². The van der Waals surface area contributed by atoms with Gasteiger partial charge in [-0.25, -0.2) is 4.39 Å². The molecule has 5 rings (SSSR count). The first-order valence-electron chi connectivity index (χ1n) is 10.3. The van der Waals surface area contributed by atoms with Crippen LogP contribution in [0.2, 0.25) is 0 Å². The number of hydrogen-bond donors (Lipinski definition) is 0. The van der Waals surface area contributed by atoms with Crippen molar-refractivity contribution in [2.75, 3.05) is 7.11 Å². The van der Waals surface area contributed by atoms with E-state index in [9.17, 15) is 14.0 Å². The molecule has 2 bridgehead atoms. The quantitative estimate of drug-likeness (QED) is 0.338. The highest BCUT2D eigenvalue weighted by Gasteiger charge is 2.59. The number of rotatable bonds is 6. The molecule has 3 aliphatic rings. The molecule has 1 heterocycles. The van der Waals surface area contributed by atoms with Gasteiger partial charge in [0.1, 0.15) is 12.4 Å². The van der Waals surface area contributed by atoms with Crippen LogP contribution in [0.4, 0.5) is 4.39 Å². The standard InChI is InChI=1S/C24H20BrFN2O4/c1-31-19-9-14(8-18(25)22(19)32-12-13-3-2-4-17(26)7-13)11-27-28-23(29)20-15-5-6-16(10-15)21(20)24(28)30/h2-9,11,15-16,20-21H,10,12H2,1H3/t15-,16-,20-,21+/m0/s1. The number of imide groups is 1. The topological polar surface area (TPSA) is 68.2 Å². The smallest absolute Gasteiger partial charge is 0.254 e. The number of hydrogen-bond acceptors (Lipinski definition) is 5. The number of hydrazone groups is 1. The van der Waals surface area contributed by atoms with Crippen molar-refractivity contribution in [3.05, 3.63) is 70.0 Å². The Morgan fingerprint density at radius 3 is 2.53 bits per heavy atom. The summed E-state index contributed by atoms with van der Waals surface area (Å²) in [7, 11) is 1.51. The van der Waals surface area contributed by atoms with Crippen molar-refractivity contribution in [1.82, 2.24) is 5.01 Å². The van der Waals surface area contributed by atoms with Crippen molar-refractivity contribution in [3.63, 3.8) is 0 Å². The maximum atomic E-state index is 13.4. The monoisotopic (exact) mass is 498 g/mol. The molecular formula is C24H20BrFN2O4. The van der Waals surface area contributed by atoms with E-state index < -0.39 is 0 Å². The zero-order chi connectivity index (χ0) is 22.4. The number of benzene rings is 2. The Bertz CT molecular complexity index is 1130. The molecular weight excluding hydrogens is 479 g/mol. The summed E-state index contributed by atoms with van der Waals surface area (Å²) in [4.78, 5) is 25.5. The predicted octanol–water partition coefficient (Wildman–Crippen LogP) is 4.32. The van der Waals surface area contributed by atoms with Gasteiger partial charge in [-0.2, -0.15) is 10.1 Å². The summed E-state index contributed by atoms with van der Waals surface area (Å²) >= 11 is 3.47. The van der Waals surface area contributed by atoms with Gasteiger partial charge in [-0.1, -0.05) is 24.3 Å². The van der Waals surface area contributed by atoms with Crippen molar-refractivity contribution < 1.29 is 23.5 Å². The van der Waals surface area contributed by atoms with Crippen molar-refractivity contribution in [2.24, 2.45) is 28.8 Å². The summed E-state index contributed by atoms with van der Waals surface area (Å²) in [5.41, 5.74) is 1.32. The Labute approximate surface area is 192 Å². The number of carbonyl (C=O) groups is 2. The molecule has 0 radical (unpaired) electrons. The van der Waals surface area contributed by atoms with Crippen LogP contribution < -0.4 is 9.47 Å². The van der Waals surface area contributed by atoms with E-state index in [0.717, 1.165) is 11.4 Å². The second-order valence-electron chi connectivity index (χ2n) is 8.19. The van der Waals surface area contributed by atoms with Crippen LogP contribution in [0.5, 0.6) is 11.5 Å². The highest BCUT2D eigenvalue weighted by atomic mass is 79.9. The summed E-state index contributed by atoms with van der Waals surface area (Å²) in [5.74, 6) is -0.166. The van der Waals surface area contributed by atoms with Crippen LogP contribution in [0.3, 0.4) is 0 Å². The number of methoxy groups -OCH3 is 1. The first-order valence-corrected chi connectivity index (χ1v) is 11.1. The third-order valence-corrected chi connectivity index (χ3v) is 6.88. The lowest BCUT2D eigenvalue weighted by molar-refractivity contribution is -0.140. The van der Waals surface area contributed by atoms with Gasteiger partial charge in [-0.3, -0.25) is 9.59 Å². The Morgan fingerprint density at radius 1 is 1.16 bits per heavy atom. The van der Waals surface area contributed by atoms with Crippen molar-refractivity contribution in [3.8, 4) is 11.5 Å². The third kappa shape index (κ3) is 3.52.